The Labute approximate surface area is 143 Å². The van der Waals surface area contributed by atoms with E-state index in [4.69, 9.17) is 4.74 Å². The van der Waals surface area contributed by atoms with Crippen LogP contribution in [0.4, 0.5) is 0 Å². The zero-order valence-electron chi connectivity index (χ0n) is 14.2. The Hall–Kier alpha value is -1.76. The number of ether oxygens (including phenoxy) is 1. The molecule has 6 nitrogen and oxygen atoms in total. The molecular weight excluding hydrogens is 326 g/mol. The monoisotopic (exact) mass is 351 g/mol. The number of hydrogen-bond acceptors (Lipinski definition) is 4. The van der Waals surface area contributed by atoms with Gasteiger partial charge in [0, 0.05) is 30.6 Å². The van der Waals surface area contributed by atoms with Crippen LogP contribution in [-0.4, -0.2) is 52.6 Å². The second-order valence-electron chi connectivity index (χ2n) is 6.65. The maximum Gasteiger partial charge on any atom is 0.191 e. The standard InChI is InChI=1S/C17H25N3O3S/c1-18-16(20-13-7-10-24(21,22)11-13)19-12-17(8-9-17)14-5-3-4-6-15(14)23-2/h3-6,13H,7-12H2,1-2H3,(H2,18,19,20). The van der Waals surface area contributed by atoms with Crippen LogP contribution in [0, 0.1) is 0 Å². The normalized spacial score (nSPS) is 24.4. The van der Waals surface area contributed by atoms with Gasteiger partial charge in [0.15, 0.2) is 15.8 Å². The SMILES string of the molecule is CN=C(NCC1(c2ccccc2OC)CC1)NC1CCS(=O)(=O)C1. The molecule has 2 N–H and O–H groups in total. The van der Waals surface area contributed by atoms with Gasteiger partial charge in [0.05, 0.1) is 18.6 Å². The van der Waals surface area contributed by atoms with Gasteiger partial charge in [-0.2, -0.15) is 0 Å². The number of sulfone groups is 1. The summed E-state index contributed by atoms with van der Waals surface area (Å²) >= 11 is 0. The number of benzene rings is 1. The van der Waals surface area contributed by atoms with Crippen molar-refractivity contribution in [2.24, 2.45) is 4.99 Å². The smallest absolute Gasteiger partial charge is 0.191 e. The molecule has 1 saturated carbocycles. The Kier molecular flexibility index (Phi) is 4.71. The summed E-state index contributed by atoms with van der Waals surface area (Å²) < 4.78 is 28.7. The molecule has 2 aliphatic rings. The summed E-state index contributed by atoms with van der Waals surface area (Å²) in [5.74, 6) is 2.03. The highest BCUT2D eigenvalue weighted by Crippen LogP contribution is 2.50. The Morgan fingerprint density at radius 2 is 2.12 bits per heavy atom. The summed E-state index contributed by atoms with van der Waals surface area (Å²) in [7, 11) is 0.513. The molecule has 1 unspecified atom stereocenters. The molecule has 3 rings (SSSR count). The van der Waals surface area contributed by atoms with Crippen LogP contribution in [0.5, 0.6) is 5.75 Å². The third-order valence-corrected chi connectivity index (χ3v) is 6.69. The first-order valence-corrected chi connectivity index (χ1v) is 10.1. The van der Waals surface area contributed by atoms with Crippen molar-refractivity contribution >= 4 is 15.8 Å². The summed E-state index contributed by atoms with van der Waals surface area (Å²) in [5, 5.41) is 6.59. The molecule has 1 aliphatic heterocycles. The molecule has 1 saturated heterocycles. The van der Waals surface area contributed by atoms with Gasteiger partial charge in [-0.3, -0.25) is 4.99 Å². The zero-order valence-corrected chi connectivity index (χ0v) is 15.0. The number of methoxy groups -OCH3 is 1. The topological polar surface area (TPSA) is 79.8 Å². The molecule has 0 bridgehead atoms. The molecule has 1 aromatic rings. The fraction of sp³-hybridized carbons (Fsp3) is 0.588. The van der Waals surface area contributed by atoms with E-state index in [0.717, 1.165) is 25.1 Å². The lowest BCUT2D eigenvalue weighted by Gasteiger charge is -2.22. The fourth-order valence-corrected chi connectivity index (χ4v) is 5.00. The molecule has 0 aromatic heterocycles. The summed E-state index contributed by atoms with van der Waals surface area (Å²) in [6.07, 6.45) is 2.85. The van der Waals surface area contributed by atoms with E-state index >= 15 is 0 Å². The number of guanidine groups is 1. The molecule has 0 radical (unpaired) electrons. The van der Waals surface area contributed by atoms with E-state index in [9.17, 15) is 8.42 Å². The third kappa shape index (κ3) is 3.66. The van der Waals surface area contributed by atoms with Crippen LogP contribution in [0.1, 0.15) is 24.8 Å². The molecule has 1 aliphatic carbocycles. The Bertz CT molecular complexity index is 726. The summed E-state index contributed by atoms with van der Waals surface area (Å²) in [5.41, 5.74) is 1.30. The molecule has 1 heterocycles. The van der Waals surface area contributed by atoms with Gasteiger partial charge in [-0.25, -0.2) is 8.42 Å². The number of nitrogens with zero attached hydrogens (tertiary/aromatic N) is 1. The van der Waals surface area contributed by atoms with E-state index in [-0.39, 0.29) is 23.0 Å². The summed E-state index contributed by atoms with van der Waals surface area (Å²) in [4.78, 5) is 4.23. The Balaban J connectivity index is 1.62. The Morgan fingerprint density at radius 3 is 2.71 bits per heavy atom. The second kappa shape index (κ2) is 6.63. The molecule has 1 atom stereocenters. The molecule has 1 aromatic carbocycles. The van der Waals surface area contributed by atoms with Gasteiger partial charge >= 0.3 is 0 Å². The van der Waals surface area contributed by atoms with Crippen molar-refractivity contribution in [3.63, 3.8) is 0 Å². The summed E-state index contributed by atoms with van der Waals surface area (Å²) in [6, 6.07) is 8.07. The highest BCUT2D eigenvalue weighted by molar-refractivity contribution is 7.91. The zero-order chi connectivity index (χ0) is 17.2. The largest absolute Gasteiger partial charge is 0.496 e. The number of hydrogen-bond donors (Lipinski definition) is 2. The van der Waals surface area contributed by atoms with Crippen LogP contribution in [0.3, 0.4) is 0 Å². The molecule has 132 valence electrons. The van der Waals surface area contributed by atoms with E-state index < -0.39 is 9.84 Å². The first-order valence-electron chi connectivity index (χ1n) is 8.29. The van der Waals surface area contributed by atoms with Crippen LogP contribution in [0.2, 0.25) is 0 Å². The van der Waals surface area contributed by atoms with E-state index in [2.05, 4.69) is 21.7 Å². The van der Waals surface area contributed by atoms with Crippen molar-refractivity contribution in [3.05, 3.63) is 29.8 Å². The van der Waals surface area contributed by atoms with E-state index in [1.807, 2.05) is 18.2 Å². The maximum atomic E-state index is 11.6. The molecule has 0 spiro atoms. The molecular formula is C17H25N3O3S. The van der Waals surface area contributed by atoms with Crippen molar-refractivity contribution in [3.8, 4) is 5.75 Å². The van der Waals surface area contributed by atoms with Crippen LogP contribution in [0.15, 0.2) is 29.3 Å². The molecule has 0 amide bonds. The number of nitrogens with one attached hydrogen (secondary N) is 2. The van der Waals surface area contributed by atoms with Gasteiger partial charge in [-0.15, -0.1) is 0 Å². The minimum atomic E-state index is -2.89. The number of rotatable bonds is 5. The predicted octanol–water partition coefficient (Wildman–Crippen LogP) is 1.08. The van der Waals surface area contributed by atoms with Gasteiger partial charge in [0.1, 0.15) is 5.75 Å². The van der Waals surface area contributed by atoms with E-state index in [1.165, 1.54) is 5.56 Å². The minimum absolute atomic E-state index is 0.0531. The lowest BCUT2D eigenvalue weighted by Crippen LogP contribution is -2.46. The lowest BCUT2D eigenvalue weighted by atomic mass is 9.95. The predicted molar refractivity (Wildman–Crippen MR) is 95.5 cm³/mol. The quantitative estimate of drug-likeness (QED) is 0.613. The maximum absolute atomic E-state index is 11.6. The van der Waals surface area contributed by atoms with Gasteiger partial charge in [-0.1, -0.05) is 18.2 Å². The van der Waals surface area contributed by atoms with Crippen molar-refractivity contribution in [1.82, 2.24) is 10.6 Å². The van der Waals surface area contributed by atoms with Crippen molar-refractivity contribution < 1.29 is 13.2 Å². The highest BCUT2D eigenvalue weighted by atomic mass is 32.2. The lowest BCUT2D eigenvalue weighted by molar-refractivity contribution is 0.403. The first kappa shape index (κ1) is 17.1. The van der Waals surface area contributed by atoms with Crippen molar-refractivity contribution in [2.75, 3.05) is 32.2 Å². The van der Waals surface area contributed by atoms with E-state index in [0.29, 0.717) is 12.4 Å². The Morgan fingerprint density at radius 1 is 1.38 bits per heavy atom. The first-order chi connectivity index (χ1) is 11.5. The van der Waals surface area contributed by atoms with Gasteiger partial charge in [0.25, 0.3) is 0 Å². The average molecular weight is 351 g/mol. The minimum Gasteiger partial charge on any atom is -0.496 e. The summed E-state index contributed by atoms with van der Waals surface area (Å²) in [6.45, 7) is 0.756. The molecule has 2 fully saturated rings. The van der Waals surface area contributed by atoms with Gasteiger partial charge < -0.3 is 15.4 Å². The molecule has 7 heteroatoms. The van der Waals surface area contributed by atoms with Crippen LogP contribution in [0.25, 0.3) is 0 Å². The van der Waals surface area contributed by atoms with Crippen LogP contribution < -0.4 is 15.4 Å². The number of aliphatic imine (C=N–C) groups is 1. The number of para-hydroxylation sites is 1. The van der Waals surface area contributed by atoms with E-state index in [1.54, 1.807) is 14.2 Å². The van der Waals surface area contributed by atoms with Crippen molar-refractivity contribution in [1.29, 1.82) is 0 Å². The van der Waals surface area contributed by atoms with Crippen LogP contribution >= 0.6 is 0 Å². The van der Waals surface area contributed by atoms with Crippen molar-refractivity contribution in [2.45, 2.75) is 30.7 Å². The third-order valence-electron chi connectivity index (χ3n) is 4.92. The average Bonchev–Trinajstić information content (AvgIpc) is 3.29. The fourth-order valence-electron chi connectivity index (χ4n) is 3.32. The molecule has 24 heavy (non-hydrogen) atoms. The van der Waals surface area contributed by atoms with Crippen LogP contribution in [-0.2, 0) is 15.3 Å². The second-order valence-corrected chi connectivity index (χ2v) is 8.88. The highest BCUT2D eigenvalue weighted by Gasteiger charge is 2.46. The van der Waals surface area contributed by atoms with Gasteiger partial charge in [0.2, 0.25) is 0 Å². The van der Waals surface area contributed by atoms with Gasteiger partial charge in [-0.05, 0) is 25.3 Å².